The van der Waals surface area contributed by atoms with Crippen molar-refractivity contribution in [2.75, 3.05) is 25.0 Å². The number of hydrogen-bond donors (Lipinski definition) is 1. The lowest BCUT2D eigenvalue weighted by molar-refractivity contribution is -0.384. The fourth-order valence-corrected chi connectivity index (χ4v) is 2.56. The molecule has 20 heavy (non-hydrogen) atoms. The minimum atomic E-state index is -0.393. The quantitative estimate of drug-likeness (QED) is 0.501. The predicted octanol–water partition coefficient (Wildman–Crippen LogP) is 1.04. The van der Waals surface area contributed by atoms with Crippen LogP contribution >= 0.6 is 0 Å². The Balaban J connectivity index is 2.05. The second kappa shape index (κ2) is 5.88. The van der Waals surface area contributed by atoms with Gasteiger partial charge in [0.2, 0.25) is 5.82 Å². The van der Waals surface area contributed by atoms with Gasteiger partial charge in [0, 0.05) is 26.2 Å². The van der Waals surface area contributed by atoms with Crippen molar-refractivity contribution in [1.29, 1.82) is 5.26 Å². The second-order valence-electron chi connectivity index (χ2n) is 5.02. The van der Waals surface area contributed by atoms with Gasteiger partial charge >= 0.3 is 5.69 Å². The monoisotopic (exact) mass is 278 g/mol. The van der Waals surface area contributed by atoms with E-state index >= 15 is 0 Å². The zero-order chi connectivity index (χ0) is 14.7. The molecule has 1 saturated heterocycles. The SMILES string of the molecule is Cc1nn(C)c(NC2CCN(CC#N)CC2)c1[N+](=O)[O-]. The van der Waals surface area contributed by atoms with E-state index in [4.69, 9.17) is 5.26 Å². The molecule has 1 aliphatic rings. The molecule has 0 radical (unpaired) electrons. The van der Waals surface area contributed by atoms with E-state index in [1.165, 1.54) is 4.68 Å². The van der Waals surface area contributed by atoms with Gasteiger partial charge in [-0.1, -0.05) is 0 Å². The van der Waals surface area contributed by atoms with E-state index in [1.807, 2.05) is 0 Å². The van der Waals surface area contributed by atoms with Gasteiger partial charge < -0.3 is 5.32 Å². The molecule has 1 aromatic rings. The molecular weight excluding hydrogens is 260 g/mol. The van der Waals surface area contributed by atoms with Crippen molar-refractivity contribution < 1.29 is 4.92 Å². The fourth-order valence-electron chi connectivity index (χ4n) is 2.56. The van der Waals surface area contributed by atoms with Crippen molar-refractivity contribution in [3.63, 3.8) is 0 Å². The third-order valence-corrected chi connectivity index (χ3v) is 3.60. The van der Waals surface area contributed by atoms with E-state index in [1.54, 1.807) is 14.0 Å². The van der Waals surface area contributed by atoms with Gasteiger partial charge in [-0.25, -0.2) is 4.68 Å². The number of rotatable bonds is 4. The summed E-state index contributed by atoms with van der Waals surface area (Å²) in [6.07, 6.45) is 1.73. The molecule has 0 atom stereocenters. The highest BCUT2D eigenvalue weighted by Crippen LogP contribution is 2.29. The second-order valence-corrected chi connectivity index (χ2v) is 5.02. The van der Waals surface area contributed by atoms with Crippen molar-refractivity contribution in [3.05, 3.63) is 15.8 Å². The molecule has 0 spiro atoms. The van der Waals surface area contributed by atoms with E-state index in [9.17, 15) is 10.1 Å². The van der Waals surface area contributed by atoms with Crippen LogP contribution in [0.2, 0.25) is 0 Å². The third kappa shape index (κ3) is 2.88. The van der Waals surface area contributed by atoms with Crippen LogP contribution in [0.1, 0.15) is 18.5 Å². The molecule has 1 aliphatic heterocycles. The van der Waals surface area contributed by atoms with Gasteiger partial charge in [-0.2, -0.15) is 10.4 Å². The highest BCUT2D eigenvalue weighted by Gasteiger charge is 2.27. The molecule has 0 unspecified atom stereocenters. The highest BCUT2D eigenvalue weighted by atomic mass is 16.6. The van der Waals surface area contributed by atoms with Gasteiger partial charge in [0.1, 0.15) is 5.69 Å². The van der Waals surface area contributed by atoms with Crippen LogP contribution in [-0.4, -0.2) is 45.3 Å². The molecule has 8 nitrogen and oxygen atoms in total. The Labute approximate surface area is 117 Å². The number of nitrogens with zero attached hydrogens (tertiary/aromatic N) is 5. The van der Waals surface area contributed by atoms with Gasteiger partial charge in [-0.3, -0.25) is 15.0 Å². The Morgan fingerprint density at radius 3 is 2.75 bits per heavy atom. The summed E-state index contributed by atoms with van der Waals surface area (Å²) in [6, 6.07) is 2.32. The molecule has 8 heteroatoms. The average molecular weight is 278 g/mol. The van der Waals surface area contributed by atoms with Crippen LogP contribution in [0.4, 0.5) is 11.5 Å². The molecule has 0 amide bonds. The number of nitrogens with one attached hydrogen (secondary N) is 1. The Morgan fingerprint density at radius 2 is 2.20 bits per heavy atom. The lowest BCUT2D eigenvalue weighted by Gasteiger charge is -2.30. The van der Waals surface area contributed by atoms with Crippen LogP contribution in [-0.2, 0) is 7.05 Å². The first kappa shape index (κ1) is 14.3. The third-order valence-electron chi connectivity index (χ3n) is 3.60. The summed E-state index contributed by atoms with van der Waals surface area (Å²) in [6.45, 7) is 3.74. The van der Waals surface area contributed by atoms with Crippen molar-refractivity contribution in [1.82, 2.24) is 14.7 Å². The normalized spacial score (nSPS) is 16.9. The van der Waals surface area contributed by atoms with E-state index in [0.29, 0.717) is 18.1 Å². The van der Waals surface area contributed by atoms with Crippen LogP contribution in [0.3, 0.4) is 0 Å². The largest absolute Gasteiger partial charge is 0.362 e. The maximum absolute atomic E-state index is 11.1. The molecule has 0 aromatic carbocycles. The fraction of sp³-hybridized carbons (Fsp3) is 0.667. The van der Waals surface area contributed by atoms with Crippen LogP contribution in [0, 0.1) is 28.4 Å². The lowest BCUT2D eigenvalue weighted by Crippen LogP contribution is -2.39. The maximum atomic E-state index is 11.1. The smallest absolute Gasteiger partial charge is 0.333 e. The molecule has 0 aliphatic carbocycles. The number of anilines is 1. The number of hydrogen-bond acceptors (Lipinski definition) is 6. The van der Waals surface area contributed by atoms with Gasteiger partial charge in [-0.15, -0.1) is 0 Å². The molecule has 2 heterocycles. The molecule has 1 N–H and O–H groups in total. The van der Waals surface area contributed by atoms with Gasteiger partial charge in [0.05, 0.1) is 17.5 Å². The molecular formula is C12H18N6O2. The number of nitro groups is 1. The lowest BCUT2D eigenvalue weighted by atomic mass is 10.1. The molecule has 0 bridgehead atoms. The Morgan fingerprint density at radius 1 is 1.55 bits per heavy atom. The van der Waals surface area contributed by atoms with E-state index in [2.05, 4.69) is 21.4 Å². The molecule has 0 saturated carbocycles. The minimum absolute atomic E-state index is 0.0481. The summed E-state index contributed by atoms with van der Waals surface area (Å²) >= 11 is 0. The standard InChI is InChI=1S/C12H18N6O2/c1-9-11(18(19)20)12(16(2)15-9)14-10-3-6-17(7-4-10)8-5-13/h10,14H,3-4,6-8H2,1-2H3. The van der Waals surface area contributed by atoms with Gasteiger partial charge in [-0.05, 0) is 19.8 Å². The zero-order valence-electron chi connectivity index (χ0n) is 11.7. The van der Waals surface area contributed by atoms with Crippen molar-refractivity contribution in [3.8, 4) is 6.07 Å². The van der Waals surface area contributed by atoms with Crippen molar-refractivity contribution in [2.24, 2.45) is 7.05 Å². The number of likely N-dealkylation sites (tertiary alicyclic amines) is 1. The molecule has 1 aromatic heterocycles. The van der Waals surface area contributed by atoms with Crippen LogP contribution < -0.4 is 5.32 Å². The van der Waals surface area contributed by atoms with Crippen LogP contribution in [0.5, 0.6) is 0 Å². The maximum Gasteiger partial charge on any atom is 0.333 e. The summed E-state index contributed by atoms with van der Waals surface area (Å²) in [5.74, 6) is 0.464. The highest BCUT2D eigenvalue weighted by molar-refractivity contribution is 5.59. The average Bonchev–Trinajstić information content (AvgIpc) is 2.67. The molecule has 108 valence electrons. The van der Waals surface area contributed by atoms with E-state index in [0.717, 1.165) is 25.9 Å². The first-order valence-corrected chi connectivity index (χ1v) is 6.56. The van der Waals surface area contributed by atoms with E-state index < -0.39 is 4.92 Å². The summed E-state index contributed by atoms with van der Waals surface area (Å²) in [4.78, 5) is 12.8. The summed E-state index contributed by atoms with van der Waals surface area (Å²) < 4.78 is 1.52. The van der Waals surface area contributed by atoms with Crippen molar-refractivity contribution in [2.45, 2.75) is 25.8 Å². The number of aromatic nitrogens is 2. The van der Waals surface area contributed by atoms with Gasteiger partial charge in [0.15, 0.2) is 0 Å². The Kier molecular flexibility index (Phi) is 4.20. The van der Waals surface area contributed by atoms with E-state index in [-0.39, 0.29) is 11.7 Å². The Bertz CT molecular complexity index is 539. The zero-order valence-corrected chi connectivity index (χ0v) is 11.7. The predicted molar refractivity (Wildman–Crippen MR) is 73.3 cm³/mol. The Hall–Kier alpha value is -2.14. The summed E-state index contributed by atoms with van der Waals surface area (Å²) in [7, 11) is 1.70. The molecule has 2 rings (SSSR count). The van der Waals surface area contributed by atoms with Crippen LogP contribution in [0.25, 0.3) is 0 Å². The molecule has 1 fully saturated rings. The minimum Gasteiger partial charge on any atom is -0.362 e. The number of nitriles is 1. The van der Waals surface area contributed by atoms with Gasteiger partial charge in [0.25, 0.3) is 0 Å². The summed E-state index contributed by atoms with van der Waals surface area (Å²) in [5, 5.41) is 27.1. The first-order valence-electron chi connectivity index (χ1n) is 6.56. The van der Waals surface area contributed by atoms with Crippen molar-refractivity contribution >= 4 is 11.5 Å². The summed E-state index contributed by atoms with van der Waals surface area (Å²) in [5.41, 5.74) is 0.467. The topological polar surface area (TPSA) is 100 Å². The first-order chi connectivity index (χ1) is 9.52. The van der Waals surface area contributed by atoms with Crippen LogP contribution in [0.15, 0.2) is 0 Å². The number of piperidine rings is 1. The number of aryl methyl sites for hydroxylation is 2.